The van der Waals surface area contributed by atoms with Gasteiger partial charge >= 0.3 is 0 Å². The van der Waals surface area contributed by atoms with Gasteiger partial charge in [-0.2, -0.15) is 0 Å². The average Bonchev–Trinajstić information content (AvgIpc) is 3.33. The minimum absolute atomic E-state index is 0.0523. The lowest BCUT2D eigenvalue weighted by atomic mass is 9.98. The monoisotopic (exact) mass is 537 g/mol. The van der Waals surface area contributed by atoms with Gasteiger partial charge in [0.25, 0.3) is 0 Å². The summed E-state index contributed by atoms with van der Waals surface area (Å²) in [6.45, 7) is 0. The molecule has 3 nitrogen and oxygen atoms in total. The Balaban J connectivity index is 1.40. The fourth-order valence-corrected chi connectivity index (χ4v) is 6.96. The van der Waals surface area contributed by atoms with Crippen LogP contribution in [0.1, 0.15) is 5.56 Å². The predicted octanol–water partition coefficient (Wildman–Crippen LogP) is 10.0. The summed E-state index contributed by atoms with van der Waals surface area (Å²) in [6, 6.07) is 50.5. The molecule has 0 aliphatic carbocycles. The van der Waals surface area contributed by atoms with Crippen molar-refractivity contribution in [2.24, 2.45) is 0 Å². The van der Waals surface area contributed by atoms with Crippen molar-refractivity contribution in [1.29, 1.82) is 0 Å². The summed E-state index contributed by atoms with van der Waals surface area (Å²) in [5, 5.41) is 7.56. The van der Waals surface area contributed by atoms with E-state index in [1.807, 2.05) is 0 Å². The van der Waals surface area contributed by atoms with Crippen LogP contribution >= 0.6 is 0 Å². The van der Waals surface area contributed by atoms with Crippen LogP contribution in [0.3, 0.4) is 0 Å². The van der Waals surface area contributed by atoms with E-state index >= 15 is 0 Å². The third-order valence-corrected chi connectivity index (χ3v) is 8.73. The van der Waals surface area contributed by atoms with Crippen LogP contribution in [0.5, 0.6) is 0 Å². The van der Waals surface area contributed by atoms with Crippen molar-refractivity contribution in [1.82, 2.24) is 4.57 Å². The van der Waals surface area contributed by atoms with Crippen molar-refractivity contribution < 1.29 is 0 Å². The summed E-state index contributed by atoms with van der Waals surface area (Å²) in [5.74, 6) is 0. The van der Waals surface area contributed by atoms with Gasteiger partial charge < -0.3 is 14.8 Å². The van der Waals surface area contributed by atoms with Crippen molar-refractivity contribution in [2.45, 2.75) is 6.17 Å². The molecule has 9 rings (SSSR count). The normalized spacial score (nSPS) is 15.0. The number of aromatic nitrogens is 1. The van der Waals surface area contributed by atoms with Crippen molar-refractivity contribution in [2.75, 3.05) is 10.2 Å². The van der Waals surface area contributed by atoms with Gasteiger partial charge in [-0.3, -0.25) is 0 Å². The molecule has 0 fully saturated rings. The summed E-state index contributed by atoms with van der Waals surface area (Å²) in [4.78, 5) is 2.47. The molecule has 42 heavy (non-hydrogen) atoms. The van der Waals surface area contributed by atoms with Crippen LogP contribution in [-0.2, 0) is 0 Å². The molecule has 3 heterocycles. The molecule has 2 aliphatic heterocycles. The van der Waals surface area contributed by atoms with Crippen LogP contribution in [0.25, 0.3) is 55.8 Å². The first kappa shape index (κ1) is 23.2. The number of rotatable bonds is 2. The highest BCUT2D eigenvalue weighted by molar-refractivity contribution is 6.13. The molecular formula is C39H27N3. The Kier molecular flexibility index (Phi) is 4.96. The number of fused-ring (bicyclic) bond motifs is 9. The Labute approximate surface area is 244 Å². The summed E-state index contributed by atoms with van der Waals surface area (Å²) >= 11 is 0. The zero-order valence-electron chi connectivity index (χ0n) is 22.9. The molecule has 1 N–H and O–H groups in total. The Morgan fingerprint density at radius 3 is 2.07 bits per heavy atom. The third-order valence-electron chi connectivity index (χ3n) is 8.73. The zero-order valence-corrected chi connectivity index (χ0v) is 22.9. The minimum atomic E-state index is -0.0523. The van der Waals surface area contributed by atoms with Crippen LogP contribution in [-0.4, -0.2) is 10.7 Å². The van der Waals surface area contributed by atoms with Gasteiger partial charge in [0.1, 0.15) is 6.17 Å². The third kappa shape index (κ3) is 3.28. The molecule has 198 valence electrons. The molecule has 1 aromatic heterocycles. The Hall–Kier alpha value is -5.54. The number of nitrogens with one attached hydrogen (secondary N) is 1. The van der Waals surface area contributed by atoms with Crippen LogP contribution in [0, 0.1) is 0 Å². The van der Waals surface area contributed by atoms with E-state index in [4.69, 9.17) is 0 Å². The maximum Gasteiger partial charge on any atom is 0.123 e. The summed E-state index contributed by atoms with van der Waals surface area (Å²) in [7, 11) is 0. The number of anilines is 3. The van der Waals surface area contributed by atoms with Gasteiger partial charge in [-0.1, -0.05) is 115 Å². The Morgan fingerprint density at radius 2 is 1.17 bits per heavy atom. The minimum Gasteiger partial charge on any atom is -0.361 e. The number of nitrogens with zero attached hydrogens (tertiary/aromatic N) is 2. The van der Waals surface area contributed by atoms with E-state index < -0.39 is 0 Å². The number of hydrogen-bond donors (Lipinski definition) is 1. The maximum absolute atomic E-state index is 3.84. The van der Waals surface area contributed by atoms with E-state index in [-0.39, 0.29) is 6.17 Å². The lowest BCUT2D eigenvalue weighted by Gasteiger charge is -2.36. The fraction of sp³-hybridized carbons (Fsp3) is 0.0256. The van der Waals surface area contributed by atoms with Crippen LogP contribution in [0.4, 0.5) is 17.1 Å². The molecule has 0 radical (unpaired) electrons. The molecule has 0 bridgehead atoms. The molecule has 2 aliphatic rings. The summed E-state index contributed by atoms with van der Waals surface area (Å²) in [5.41, 5.74) is 12.0. The van der Waals surface area contributed by atoms with Crippen molar-refractivity contribution in [3.8, 4) is 28.1 Å². The molecule has 1 unspecified atom stereocenters. The largest absolute Gasteiger partial charge is 0.361 e. The fourth-order valence-electron chi connectivity index (χ4n) is 6.96. The lowest BCUT2D eigenvalue weighted by molar-refractivity contribution is 0.878. The smallest absolute Gasteiger partial charge is 0.123 e. The molecule has 0 saturated heterocycles. The molecule has 7 aromatic rings. The van der Waals surface area contributed by atoms with Gasteiger partial charge in [0.2, 0.25) is 0 Å². The van der Waals surface area contributed by atoms with E-state index in [2.05, 4.69) is 166 Å². The lowest BCUT2D eigenvalue weighted by Crippen LogP contribution is -2.37. The second kappa shape index (κ2) is 8.98. The molecule has 6 aromatic carbocycles. The van der Waals surface area contributed by atoms with Gasteiger partial charge in [-0.05, 0) is 47.4 Å². The van der Waals surface area contributed by atoms with E-state index in [1.54, 1.807) is 0 Å². The second-order valence-electron chi connectivity index (χ2n) is 11.0. The van der Waals surface area contributed by atoms with Gasteiger partial charge in [0.15, 0.2) is 0 Å². The molecular weight excluding hydrogens is 510 g/mol. The Morgan fingerprint density at radius 1 is 0.524 bits per heavy atom. The first-order valence-electron chi connectivity index (χ1n) is 14.5. The number of para-hydroxylation sites is 4. The highest BCUT2D eigenvalue weighted by Crippen LogP contribution is 2.53. The highest BCUT2D eigenvalue weighted by Gasteiger charge is 2.33. The summed E-state index contributed by atoms with van der Waals surface area (Å²) in [6.07, 6.45) is 4.47. The highest BCUT2D eigenvalue weighted by atomic mass is 15.3. The van der Waals surface area contributed by atoms with E-state index in [0.29, 0.717) is 0 Å². The maximum atomic E-state index is 3.84. The van der Waals surface area contributed by atoms with E-state index in [1.165, 1.54) is 66.7 Å². The SMILES string of the molecule is C1=CC(N2c3ccccc3-c3c(n(-c4cccc5ccccc45)c4ccccc34)-c3ccccc32)Nc2ccccc21. The van der Waals surface area contributed by atoms with Crippen LogP contribution in [0.15, 0.2) is 146 Å². The first-order valence-corrected chi connectivity index (χ1v) is 14.5. The quantitative estimate of drug-likeness (QED) is 0.237. The van der Waals surface area contributed by atoms with E-state index in [0.717, 1.165) is 5.69 Å². The van der Waals surface area contributed by atoms with E-state index in [9.17, 15) is 0 Å². The predicted molar refractivity (Wildman–Crippen MR) is 177 cm³/mol. The van der Waals surface area contributed by atoms with Crippen molar-refractivity contribution in [3.63, 3.8) is 0 Å². The van der Waals surface area contributed by atoms with Crippen molar-refractivity contribution in [3.05, 3.63) is 151 Å². The topological polar surface area (TPSA) is 20.2 Å². The van der Waals surface area contributed by atoms with Gasteiger partial charge in [0, 0.05) is 33.2 Å². The summed E-state index contributed by atoms with van der Waals surface area (Å²) < 4.78 is 2.49. The number of benzene rings is 6. The molecule has 3 heteroatoms. The van der Waals surface area contributed by atoms with Gasteiger partial charge in [0.05, 0.1) is 28.3 Å². The Bertz CT molecular complexity index is 2200. The van der Waals surface area contributed by atoms with Gasteiger partial charge in [-0.25, -0.2) is 0 Å². The van der Waals surface area contributed by atoms with Gasteiger partial charge in [-0.15, -0.1) is 0 Å². The molecule has 1 atom stereocenters. The molecule has 0 spiro atoms. The molecule has 0 amide bonds. The first-order chi connectivity index (χ1) is 20.9. The zero-order chi connectivity index (χ0) is 27.6. The van der Waals surface area contributed by atoms with Crippen molar-refractivity contribution >= 4 is 44.8 Å². The second-order valence-corrected chi connectivity index (χ2v) is 11.0. The average molecular weight is 538 g/mol. The molecule has 0 saturated carbocycles. The number of hydrogen-bond acceptors (Lipinski definition) is 2. The van der Waals surface area contributed by atoms with Crippen LogP contribution in [0.2, 0.25) is 0 Å². The van der Waals surface area contributed by atoms with Crippen LogP contribution < -0.4 is 10.2 Å². The standard InChI is InChI=1S/C39H27N3/c1-3-15-28-26(12-1)14-11-23-33(28)42-35-21-9-5-17-30(35)38-29-16-4-8-20-34(29)41(36-22-10-6-18-31(36)39(38)42)37-25-24-27-13-2-7-19-32(27)40-37/h1-25,37,40H.